The average Bonchev–Trinajstić information content (AvgIpc) is 2.42. The fraction of sp³-hybridized carbons (Fsp3) is 1.00. The van der Waals surface area contributed by atoms with Gasteiger partial charge in [0.2, 0.25) is 0 Å². The first-order valence-corrected chi connectivity index (χ1v) is 5.93. The number of ether oxygens (including phenoxy) is 1. The van der Waals surface area contributed by atoms with Crippen LogP contribution in [0.3, 0.4) is 0 Å². The van der Waals surface area contributed by atoms with Gasteiger partial charge < -0.3 is 10.5 Å². The van der Waals surface area contributed by atoms with Crippen molar-refractivity contribution in [1.29, 1.82) is 0 Å². The van der Waals surface area contributed by atoms with Gasteiger partial charge in [0.25, 0.3) is 0 Å². The molecule has 3 nitrogen and oxygen atoms in total. The Kier molecular flexibility index (Phi) is 3.79. The molecule has 1 saturated heterocycles. The number of hydrogen-bond acceptors (Lipinski definition) is 3. The molecule has 1 aliphatic carbocycles. The van der Waals surface area contributed by atoms with Crippen molar-refractivity contribution in [2.24, 2.45) is 11.7 Å². The van der Waals surface area contributed by atoms with Crippen molar-refractivity contribution >= 4 is 0 Å². The second-order valence-corrected chi connectivity index (χ2v) is 4.51. The Balaban J connectivity index is 1.99. The molecular formula is C11H22N2O. The van der Waals surface area contributed by atoms with Crippen LogP contribution in [0.1, 0.15) is 25.7 Å². The molecular weight excluding hydrogens is 176 g/mol. The SMILES string of the molecule is NCCN1CCOC[C@H]2CCCC[C@@H]21. The van der Waals surface area contributed by atoms with Crippen molar-refractivity contribution < 1.29 is 4.74 Å². The normalized spacial score (nSPS) is 34.9. The lowest BCUT2D eigenvalue weighted by Crippen LogP contribution is -2.44. The van der Waals surface area contributed by atoms with Gasteiger partial charge >= 0.3 is 0 Å². The maximum absolute atomic E-state index is 5.66. The first kappa shape index (κ1) is 10.4. The number of hydrogen-bond donors (Lipinski definition) is 1. The maximum atomic E-state index is 5.66. The summed E-state index contributed by atoms with van der Waals surface area (Å²) >= 11 is 0. The minimum atomic E-state index is 0.759. The van der Waals surface area contributed by atoms with Crippen molar-refractivity contribution in [2.75, 3.05) is 32.8 Å². The molecule has 0 spiro atoms. The molecule has 0 bridgehead atoms. The van der Waals surface area contributed by atoms with Crippen LogP contribution >= 0.6 is 0 Å². The summed E-state index contributed by atoms with van der Waals surface area (Å²) in [5.74, 6) is 0.776. The molecule has 1 aliphatic heterocycles. The molecule has 2 atom stereocenters. The van der Waals surface area contributed by atoms with E-state index < -0.39 is 0 Å². The van der Waals surface area contributed by atoms with Gasteiger partial charge in [0, 0.05) is 25.7 Å². The molecule has 1 heterocycles. The van der Waals surface area contributed by atoms with Gasteiger partial charge in [0.15, 0.2) is 0 Å². The zero-order chi connectivity index (χ0) is 9.80. The van der Waals surface area contributed by atoms with Crippen molar-refractivity contribution in [3.8, 4) is 0 Å². The van der Waals surface area contributed by atoms with Crippen molar-refractivity contribution in [2.45, 2.75) is 31.7 Å². The zero-order valence-electron chi connectivity index (χ0n) is 8.95. The molecule has 0 amide bonds. The molecule has 2 fully saturated rings. The topological polar surface area (TPSA) is 38.5 Å². The van der Waals surface area contributed by atoms with Gasteiger partial charge in [-0.2, -0.15) is 0 Å². The third kappa shape index (κ3) is 2.27. The Morgan fingerprint density at radius 3 is 3.00 bits per heavy atom. The summed E-state index contributed by atoms with van der Waals surface area (Å²) in [5.41, 5.74) is 5.65. The number of rotatable bonds is 2. The van der Waals surface area contributed by atoms with Crippen molar-refractivity contribution in [1.82, 2.24) is 4.90 Å². The van der Waals surface area contributed by atoms with Gasteiger partial charge in [-0.3, -0.25) is 4.90 Å². The predicted molar refractivity (Wildman–Crippen MR) is 57.2 cm³/mol. The van der Waals surface area contributed by atoms with Crippen LogP contribution < -0.4 is 5.73 Å². The Bertz CT molecular complexity index is 175. The molecule has 0 unspecified atom stereocenters. The van der Waals surface area contributed by atoms with E-state index in [1.165, 1.54) is 25.7 Å². The van der Waals surface area contributed by atoms with E-state index in [4.69, 9.17) is 10.5 Å². The number of nitrogens with zero attached hydrogens (tertiary/aromatic N) is 1. The quantitative estimate of drug-likeness (QED) is 0.714. The molecule has 0 radical (unpaired) electrons. The van der Waals surface area contributed by atoms with Crippen molar-refractivity contribution in [3.05, 3.63) is 0 Å². The summed E-state index contributed by atoms with van der Waals surface area (Å²) in [6, 6.07) is 0.759. The summed E-state index contributed by atoms with van der Waals surface area (Å²) in [6.07, 6.45) is 5.49. The second-order valence-electron chi connectivity index (χ2n) is 4.51. The van der Waals surface area contributed by atoms with Gasteiger partial charge in [-0.15, -0.1) is 0 Å². The molecule has 0 aromatic rings. The standard InChI is InChI=1S/C11H22N2O/c12-5-6-13-7-8-14-9-10-3-1-2-4-11(10)13/h10-11H,1-9,12H2/t10-,11+/m1/s1. The lowest BCUT2D eigenvalue weighted by atomic mass is 9.84. The molecule has 0 aromatic carbocycles. The number of fused-ring (bicyclic) bond motifs is 1. The third-order valence-electron chi connectivity index (χ3n) is 3.61. The van der Waals surface area contributed by atoms with Crippen LogP contribution in [0.25, 0.3) is 0 Å². The first-order chi connectivity index (χ1) is 6.92. The van der Waals surface area contributed by atoms with Crippen LogP contribution in [-0.4, -0.2) is 43.8 Å². The van der Waals surface area contributed by atoms with Gasteiger partial charge in [-0.05, 0) is 18.8 Å². The summed E-state index contributed by atoms with van der Waals surface area (Å²) in [6.45, 7) is 4.78. The third-order valence-corrected chi connectivity index (χ3v) is 3.61. The fourth-order valence-corrected chi connectivity index (χ4v) is 2.89. The van der Waals surface area contributed by atoms with Crippen LogP contribution in [0.5, 0.6) is 0 Å². The Morgan fingerprint density at radius 2 is 2.14 bits per heavy atom. The van der Waals surface area contributed by atoms with E-state index >= 15 is 0 Å². The van der Waals surface area contributed by atoms with Crippen LogP contribution in [-0.2, 0) is 4.74 Å². The van der Waals surface area contributed by atoms with Crippen molar-refractivity contribution in [3.63, 3.8) is 0 Å². The average molecular weight is 198 g/mol. The van der Waals surface area contributed by atoms with Gasteiger partial charge in [-0.25, -0.2) is 0 Å². The van der Waals surface area contributed by atoms with E-state index in [0.29, 0.717) is 0 Å². The minimum Gasteiger partial charge on any atom is -0.380 e. The van der Waals surface area contributed by atoms with Crippen LogP contribution in [0.15, 0.2) is 0 Å². The van der Waals surface area contributed by atoms with Gasteiger partial charge in [-0.1, -0.05) is 12.8 Å². The van der Waals surface area contributed by atoms with Gasteiger partial charge in [0.1, 0.15) is 0 Å². The molecule has 1 saturated carbocycles. The van der Waals surface area contributed by atoms with E-state index in [9.17, 15) is 0 Å². The molecule has 14 heavy (non-hydrogen) atoms. The second kappa shape index (κ2) is 5.10. The molecule has 2 rings (SSSR count). The zero-order valence-corrected chi connectivity index (χ0v) is 8.95. The molecule has 0 aromatic heterocycles. The summed E-state index contributed by atoms with van der Waals surface area (Å²) in [4.78, 5) is 2.55. The predicted octanol–water partition coefficient (Wildman–Crippen LogP) is 0.836. The van der Waals surface area contributed by atoms with E-state index in [-0.39, 0.29) is 0 Å². The Morgan fingerprint density at radius 1 is 1.29 bits per heavy atom. The smallest absolute Gasteiger partial charge is 0.0593 e. The van der Waals surface area contributed by atoms with Crippen LogP contribution in [0.4, 0.5) is 0 Å². The molecule has 2 aliphatic rings. The highest BCUT2D eigenvalue weighted by Gasteiger charge is 2.31. The summed E-state index contributed by atoms with van der Waals surface area (Å²) in [7, 11) is 0. The number of nitrogens with two attached hydrogens (primary N) is 1. The van der Waals surface area contributed by atoms with Gasteiger partial charge in [0.05, 0.1) is 13.2 Å². The van der Waals surface area contributed by atoms with E-state index in [2.05, 4.69) is 4.90 Å². The fourth-order valence-electron chi connectivity index (χ4n) is 2.89. The molecule has 82 valence electrons. The highest BCUT2D eigenvalue weighted by Crippen LogP contribution is 2.29. The highest BCUT2D eigenvalue weighted by atomic mass is 16.5. The largest absolute Gasteiger partial charge is 0.380 e. The Hall–Kier alpha value is -0.120. The molecule has 2 N–H and O–H groups in total. The minimum absolute atomic E-state index is 0.759. The Labute approximate surface area is 86.6 Å². The molecule has 3 heteroatoms. The monoisotopic (exact) mass is 198 g/mol. The summed E-state index contributed by atoms with van der Waals surface area (Å²) in [5, 5.41) is 0. The van der Waals surface area contributed by atoms with E-state index in [0.717, 1.165) is 44.8 Å². The first-order valence-electron chi connectivity index (χ1n) is 5.93. The lowest BCUT2D eigenvalue weighted by Gasteiger charge is -2.37. The van der Waals surface area contributed by atoms with Crippen LogP contribution in [0, 0.1) is 5.92 Å². The van der Waals surface area contributed by atoms with E-state index in [1.54, 1.807) is 0 Å². The highest BCUT2D eigenvalue weighted by molar-refractivity contribution is 4.85. The summed E-state index contributed by atoms with van der Waals surface area (Å²) < 4.78 is 5.66. The maximum Gasteiger partial charge on any atom is 0.0593 e. The lowest BCUT2D eigenvalue weighted by molar-refractivity contribution is 0.0948. The van der Waals surface area contributed by atoms with E-state index in [1.807, 2.05) is 0 Å². The van der Waals surface area contributed by atoms with Crippen LogP contribution in [0.2, 0.25) is 0 Å².